The van der Waals surface area contributed by atoms with Gasteiger partial charge in [0.05, 0.1) is 4.90 Å². The second kappa shape index (κ2) is 7.11. The lowest BCUT2D eigenvalue weighted by molar-refractivity contribution is 0.297. The summed E-state index contributed by atoms with van der Waals surface area (Å²) < 4.78 is 28.3. The van der Waals surface area contributed by atoms with Crippen molar-refractivity contribution in [2.24, 2.45) is 5.92 Å². The summed E-state index contributed by atoms with van der Waals surface area (Å²) >= 11 is 3.29. The molecule has 3 N–H and O–H groups in total. The molecule has 0 atom stereocenters. The van der Waals surface area contributed by atoms with Crippen molar-refractivity contribution in [3.8, 4) is 0 Å². The normalized spacial score (nSPS) is 23.1. The number of nitrogens with two attached hydrogens (primary N) is 1. The van der Waals surface area contributed by atoms with Crippen LogP contribution in [0.15, 0.2) is 27.6 Å². The van der Waals surface area contributed by atoms with E-state index in [-0.39, 0.29) is 10.9 Å². The zero-order valence-electron chi connectivity index (χ0n) is 12.3. The Balaban J connectivity index is 2.04. The molecule has 0 radical (unpaired) electrons. The standard InChI is InChI=1S/C15H23BrN2O2S/c1-2-3-11-4-7-13(8-5-11)18-21(19,20)15-10-12(17)6-9-14(15)16/h6,9-11,13,18H,2-5,7-8,17H2,1H3. The monoisotopic (exact) mass is 374 g/mol. The third-order valence-electron chi connectivity index (χ3n) is 4.11. The van der Waals surface area contributed by atoms with Crippen LogP contribution in [-0.4, -0.2) is 14.5 Å². The minimum atomic E-state index is -3.52. The Labute approximate surface area is 135 Å². The molecule has 2 rings (SSSR count). The molecular weight excluding hydrogens is 352 g/mol. The SMILES string of the molecule is CCCC1CCC(NS(=O)(=O)c2cc(N)ccc2Br)CC1. The summed E-state index contributed by atoms with van der Waals surface area (Å²) in [5.41, 5.74) is 6.15. The lowest BCUT2D eigenvalue weighted by atomic mass is 9.84. The number of hydrogen-bond acceptors (Lipinski definition) is 3. The molecule has 0 bridgehead atoms. The van der Waals surface area contributed by atoms with Gasteiger partial charge in [0.15, 0.2) is 0 Å². The first-order valence-corrected chi connectivity index (χ1v) is 9.77. The van der Waals surface area contributed by atoms with Crippen LogP contribution in [-0.2, 0) is 10.0 Å². The first kappa shape index (κ1) is 16.8. The van der Waals surface area contributed by atoms with E-state index in [0.717, 1.165) is 31.6 Å². The molecule has 6 heteroatoms. The Bertz CT molecular complexity index is 581. The van der Waals surface area contributed by atoms with E-state index in [0.29, 0.717) is 10.2 Å². The van der Waals surface area contributed by atoms with Gasteiger partial charge in [0.25, 0.3) is 0 Å². The van der Waals surface area contributed by atoms with Gasteiger partial charge >= 0.3 is 0 Å². The molecule has 0 amide bonds. The molecule has 1 saturated carbocycles. The van der Waals surface area contributed by atoms with Gasteiger partial charge in [-0.15, -0.1) is 0 Å². The number of benzene rings is 1. The number of nitrogens with one attached hydrogen (secondary N) is 1. The van der Waals surface area contributed by atoms with Gasteiger partial charge in [0.2, 0.25) is 10.0 Å². The maximum atomic E-state index is 12.5. The van der Waals surface area contributed by atoms with Crippen molar-refractivity contribution in [3.63, 3.8) is 0 Å². The van der Waals surface area contributed by atoms with Gasteiger partial charge in [-0.1, -0.05) is 19.8 Å². The van der Waals surface area contributed by atoms with Gasteiger partial charge in [-0.3, -0.25) is 0 Å². The summed E-state index contributed by atoms with van der Waals surface area (Å²) in [5, 5.41) is 0. The van der Waals surface area contributed by atoms with E-state index in [1.54, 1.807) is 12.1 Å². The smallest absolute Gasteiger partial charge is 0.242 e. The first-order valence-electron chi connectivity index (χ1n) is 7.49. The maximum absolute atomic E-state index is 12.5. The lowest BCUT2D eigenvalue weighted by Crippen LogP contribution is -2.37. The van der Waals surface area contributed by atoms with Crippen LogP contribution in [0, 0.1) is 5.92 Å². The summed E-state index contributed by atoms with van der Waals surface area (Å²) in [7, 11) is -3.52. The summed E-state index contributed by atoms with van der Waals surface area (Å²) in [6.45, 7) is 2.20. The van der Waals surface area contributed by atoms with Crippen LogP contribution in [0.4, 0.5) is 5.69 Å². The molecule has 0 aliphatic heterocycles. The van der Waals surface area contributed by atoms with Crippen LogP contribution in [0.1, 0.15) is 45.4 Å². The van der Waals surface area contributed by atoms with Gasteiger partial charge in [-0.05, 0) is 65.7 Å². The summed E-state index contributed by atoms with van der Waals surface area (Å²) in [6.07, 6.45) is 6.52. The molecule has 1 aromatic rings. The van der Waals surface area contributed by atoms with E-state index in [1.165, 1.54) is 18.9 Å². The molecule has 0 saturated heterocycles. The first-order chi connectivity index (χ1) is 9.92. The highest BCUT2D eigenvalue weighted by molar-refractivity contribution is 9.10. The molecule has 1 aromatic carbocycles. The van der Waals surface area contributed by atoms with Crippen molar-refractivity contribution >= 4 is 31.6 Å². The highest BCUT2D eigenvalue weighted by Gasteiger charge is 2.26. The topological polar surface area (TPSA) is 72.2 Å². The van der Waals surface area contributed by atoms with Gasteiger partial charge in [0.1, 0.15) is 0 Å². The number of nitrogen functional groups attached to an aromatic ring is 1. The predicted octanol–water partition coefficient (Wildman–Crippen LogP) is 3.67. The van der Waals surface area contributed by atoms with E-state index in [9.17, 15) is 8.42 Å². The van der Waals surface area contributed by atoms with Crippen LogP contribution in [0.25, 0.3) is 0 Å². The fraction of sp³-hybridized carbons (Fsp3) is 0.600. The molecule has 1 aliphatic carbocycles. The van der Waals surface area contributed by atoms with Crippen molar-refractivity contribution in [2.45, 2.75) is 56.4 Å². The Kier molecular flexibility index (Phi) is 5.68. The van der Waals surface area contributed by atoms with E-state index in [4.69, 9.17) is 5.73 Å². The Morgan fingerprint density at radius 1 is 1.29 bits per heavy atom. The van der Waals surface area contributed by atoms with Crippen molar-refractivity contribution in [1.82, 2.24) is 4.72 Å². The van der Waals surface area contributed by atoms with Crippen LogP contribution in [0.3, 0.4) is 0 Å². The van der Waals surface area contributed by atoms with E-state index < -0.39 is 10.0 Å². The van der Waals surface area contributed by atoms with Crippen LogP contribution in [0.5, 0.6) is 0 Å². The minimum Gasteiger partial charge on any atom is -0.399 e. The number of halogens is 1. The Morgan fingerprint density at radius 3 is 2.57 bits per heavy atom. The minimum absolute atomic E-state index is 0.0384. The quantitative estimate of drug-likeness (QED) is 0.772. The number of hydrogen-bond donors (Lipinski definition) is 2. The molecule has 0 heterocycles. The lowest BCUT2D eigenvalue weighted by Gasteiger charge is -2.28. The average Bonchev–Trinajstić information content (AvgIpc) is 2.43. The molecule has 1 fully saturated rings. The number of rotatable bonds is 5. The second-order valence-corrected chi connectivity index (χ2v) is 8.35. The van der Waals surface area contributed by atoms with Crippen LogP contribution < -0.4 is 10.5 Å². The summed E-state index contributed by atoms with van der Waals surface area (Å²) in [6, 6.07) is 4.88. The fourth-order valence-electron chi connectivity index (χ4n) is 2.99. The molecule has 0 spiro atoms. The van der Waals surface area contributed by atoms with Gasteiger partial charge in [-0.25, -0.2) is 13.1 Å². The molecule has 4 nitrogen and oxygen atoms in total. The molecule has 21 heavy (non-hydrogen) atoms. The van der Waals surface area contributed by atoms with E-state index in [1.807, 2.05) is 0 Å². The second-order valence-electron chi connectivity index (χ2n) is 5.82. The zero-order chi connectivity index (χ0) is 15.5. The molecule has 118 valence electrons. The molecule has 0 unspecified atom stereocenters. The summed E-state index contributed by atoms with van der Waals surface area (Å²) in [4.78, 5) is 0.221. The Hall–Kier alpha value is -0.590. The molecule has 0 aromatic heterocycles. The van der Waals surface area contributed by atoms with Gasteiger partial charge < -0.3 is 5.73 Å². The fourth-order valence-corrected chi connectivity index (χ4v) is 5.29. The van der Waals surface area contributed by atoms with E-state index >= 15 is 0 Å². The van der Waals surface area contributed by atoms with Crippen molar-refractivity contribution in [2.75, 3.05) is 5.73 Å². The third kappa shape index (κ3) is 4.44. The Morgan fingerprint density at radius 2 is 1.95 bits per heavy atom. The van der Waals surface area contributed by atoms with Crippen LogP contribution in [0.2, 0.25) is 0 Å². The number of anilines is 1. The maximum Gasteiger partial charge on any atom is 0.242 e. The predicted molar refractivity (Wildman–Crippen MR) is 89.5 cm³/mol. The van der Waals surface area contributed by atoms with Crippen molar-refractivity contribution in [1.29, 1.82) is 0 Å². The van der Waals surface area contributed by atoms with Gasteiger partial charge in [-0.2, -0.15) is 0 Å². The average molecular weight is 375 g/mol. The zero-order valence-corrected chi connectivity index (χ0v) is 14.7. The van der Waals surface area contributed by atoms with Crippen molar-refractivity contribution in [3.05, 3.63) is 22.7 Å². The summed E-state index contributed by atoms with van der Waals surface area (Å²) in [5.74, 6) is 0.759. The number of sulfonamides is 1. The highest BCUT2D eigenvalue weighted by Crippen LogP contribution is 2.30. The largest absolute Gasteiger partial charge is 0.399 e. The van der Waals surface area contributed by atoms with Crippen molar-refractivity contribution < 1.29 is 8.42 Å². The molecule has 1 aliphatic rings. The third-order valence-corrected chi connectivity index (χ3v) is 6.62. The van der Waals surface area contributed by atoms with Crippen LogP contribution >= 0.6 is 15.9 Å². The molecular formula is C15H23BrN2O2S. The highest BCUT2D eigenvalue weighted by atomic mass is 79.9. The van der Waals surface area contributed by atoms with E-state index in [2.05, 4.69) is 27.6 Å². The van der Waals surface area contributed by atoms with Gasteiger partial charge in [0, 0.05) is 16.2 Å².